The minimum Gasteiger partial charge on any atom is -0.383 e. The van der Waals surface area contributed by atoms with Crippen LogP contribution in [-0.4, -0.2) is 4.98 Å². The van der Waals surface area contributed by atoms with Crippen LogP contribution < -0.4 is 11.5 Å². The number of hydrogen-bond acceptors (Lipinski definition) is 3. The van der Waals surface area contributed by atoms with Crippen LogP contribution in [0.4, 0.5) is 5.82 Å². The quantitative estimate of drug-likeness (QED) is 0.845. The standard InChI is InChI=1S/C14H17N3/c1-10-5-2-3-7-12(10)13(15)9-11-6-4-8-17-14(11)16/h2-8,13H,9,15H2,1H3,(H2,16,17). The van der Waals surface area contributed by atoms with Crippen LogP contribution in [0.5, 0.6) is 0 Å². The van der Waals surface area contributed by atoms with Gasteiger partial charge in [0.15, 0.2) is 0 Å². The lowest BCUT2D eigenvalue weighted by Crippen LogP contribution is -2.15. The summed E-state index contributed by atoms with van der Waals surface area (Å²) in [5, 5.41) is 0. The molecular formula is C14H17N3. The summed E-state index contributed by atoms with van der Waals surface area (Å²) in [6.07, 6.45) is 2.41. The number of anilines is 1. The molecule has 0 saturated carbocycles. The Kier molecular flexibility index (Phi) is 3.40. The van der Waals surface area contributed by atoms with Crippen molar-refractivity contribution in [2.24, 2.45) is 5.73 Å². The lowest BCUT2D eigenvalue weighted by Gasteiger charge is -2.15. The molecule has 4 N–H and O–H groups in total. The SMILES string of the molecule is Cc1ccccc1C(N)Cc1cccnc1N. The molecule has 1 atom stereocenters. The zero-order chi connectivity index (χ0) is 12.3. The van der Waals surface area contributed by atoms with Gasteiger partial charge in [-0.1, -0.05) is 30.3 Å². The van der Waals surface area contributed by atoms with Crippen LogP contribution in [0, 0.1) is 6.92 Å². The fourth-order valence-electron chi connectivity index (χ4n) is 1.97. The van der Waals surface area contributed by atoms with E-state index in [1.807, 2.05) is 24.3 Å². The van der Waals surface area contributed by atoms with Crippen LogP contribution in [-0.2, 0) is 6.42 Å². The molecule has 3 heteroatoms. The summed E-state index contributed by atoms with van der Waals surface area (Å²) in [6, 6.07) is 12.0. The van der Waals surface area contributed by atoms with Crippen molar-refractivity contribution in [1.82, 2.24) is 4.98 Å². The van der Waals surface area contributed by atoms with Crippen molar-refractivity contribution in [2.75, 3.05) is 5.73 Å². The first-order valence-electron chi connectivity index (χ1n) is 5.69. The van der Waals surface area contributed by atoms with E-state index in [1.165, 1.54) is 5.56 Å². The van der Waals surface area contributed by atoms with E-state index in [0.29, 0.717) is 12.2 Å². The summed E-state index contributed by atoms with van der Waals surface area (Å²) < 4.78 is 0. The zero-order valence-corrected chi connectivity index (χ0v) is 9.93. The third-order valence-electron chi connectivity index (χ3n) is 2.95. The second-order valence-corrected chi connectivity index (χ2v) is 4.21. The monoisotopic (exact) mass is 227 g/mol. The van der Waals surface area contributed by atoms with E-state index in [9.17, 15) is 0 Å². The highest BCUT2D eigenvalue weighted by Gasteiger charge is 2.11. The molecule has 0 amide bonds. The minimum atomic E-state index is -0.0392. The zero-order valence-electron chi connectivity index (χ0n) is 9.93. The third-order valence-corrected chi connectivity index (χ3v) is 2.95. The second-order valence-electron chi connectivity index (χ2n) is 4.21. The molecule has 88 valence electrons. The van der Waals surface area contributed by atoms with Gasteiger partial charge in [-0.3, -0.25) is 0 Å². The van der Waals surface area contributed by atoms with E-state index in [4.69, 9.17) is 11.5 Å². The van der Waals surface area contributed by atoms with Crippen LogP contribution >= 0.6 is 0 Å². The van der Waals surface area contributed by atoms with E-state index in [-0.39, 0.29) is 6.04 Å². The Morgan fingerprint density at radius 1 is 1.18 bits per heavy atom. The molecule has 0 radical (unpaired) electrons. The molecule has 0 fully saturated rings. The molecule has 0 bridgehead atoms. The van der Waals surface area contributed by atoms with Gasteiger partial charge in [0.2, 0.25) is 0 Å². The predicted octanol–water partition coefficient (Wildman–Crippen LogP) is 2.21. The summed E-state index contributed by atoms with van der Waals surface area (Å²) >= 11 is 0. The van der Waals surface area contributed by atoms with Crippen LogP contribution in [0.15, 0.2) is 42.6 Å². The minimum absolute atomic E-state index is 0.0392. The van der Waals surface area contributed by atoms with E-state index in [0.717, 1.165) is 11.1 Å². The summed E-state index contributed by atoms with van der Waals surface area (Å²) in [5.74, 6) is 0.566. The van der Waals surface area contributed by atoms with Crippen LogP contribution in [0.25, 0.3) is 0 Å². The third kappa shape index (κ3) is 2.63. The van der Waals surface area contributed by atoms with Gasteiger partial charge >= 0.3 is 0 Å². The number of nitrogens with two attached hydrogens (primary N) is 2. The molecule has 0 saturated heterocycles. The summed E-state index contributed by atoms with van der Waals surface area (Å²) in [4.78, 5) is 4.07. The highest BCUT2D eigenvalue weighted by atomic mass is 14.8. The van der Waals surface area contributed by atoms with E-state index < -0.39 is 0 Å². The Balaban J connectivity index is 2.20. The number of aromatic nitrogens is 1. The lowest BCUT2D eigenvalue weighted by molar-refractivity contribution is 0.716. The lowest BCUT2D eigenvalue weighted by atomic mass is 9.96. The molecule has 0 spiro atoms. The fourth-order valence-corrected chi connectivity index (χ4v) is 1.97. The van der Waals surface area contributed by atoms with E-state index >= 15 is 0 Å². The van der Waals surface area contributed by atoms with Gasteiger partial charge in [-0.05, 0) is 36.1 Å². The molecule has 1 aromatic heterocycles. The molecule has 2 rings (SSSR count). The maximum atomic E-state index is 6.21. The molecule has 0 aliphatic heterocycles. The van der Waals surface area contributed by atoms with Gasteiger partial charge in [-0.2, -0.15) is 0 Å². The Morgan fingerprint density at radius 2 is 1.94 bits per heavy atom. The van der Waals surface area contributed by atoms with E-state index in [1.54, 1.807) is 6.20 Å². The van der Waals surface area contributed by atoms with E-state index in [2.05, 4.69) is 24.0 Å². The van der Waals surface area contributed by atoms with Crippen molar-refractivity contribution in [3.05, 3.63) is 59.3 Å². The van der Waals surface area contributed by atoms with Gasteiger partial charge in [0, 0.05) is 12.2 Å². The number of hydrogen-bond donors (Lipinski definition) is 2. The van der Waals surface area contributed by atoms with Crippen molar-refractivity contribution >= 4 is 5.82 Å². The van der Waals surface area contributed by atoms with Gasteiger partial charge in [-0.25, -0.2) is 4.98 Å². The van der Waals surface area contributed by atoms with Crippen molar-refractivity contribution in [2.45, 2.75) is 19.4 Å². The molecular weight excluding hydrogens is 210 g/mol. The number of nitrogens with zero attached hydrogens (tertiary/aromatic N) is 1. The first-order chi connectivity index (χ1) is 8.18. The average molecular weight is 227 g/mol. The average Bonchev–Trinajstić information content (AvgIpc) is 2.32. The molecule has 1 aromatic carbocycles. The summed E-state index contributed by atoms with van der Waals surface area (Å²) in [7, 11) is 0. The fraction of sp³-hybridized carbons (Fsp3) is 0.214. The molecule has 1 heterocycles. The second kappa shape index (κ2) is 4.97. The van der Waals surface area contributed by atoms with Crippen molar-refractivity contribution in [3.63, 3.8) is 0 Å². The van der Waals surface area contributed by atoms with Crippen molar-refractivity contribution < 1.29 is 0 Å². The maximum Gasteiger partial charge on any atom is 0.126 e. The summed E-state index contributed by atoms with van der Waals surface area (Å²) in [5.41, 5.74) is 15.4. The smallest absolute Gasteiger partial charge is 0.126 e. The molecule has 0 aliphatic rings. The first-order valence-corrected chi connectivity index (χ1v) is 5.69. The topological polar surface area (TPSA) is 64.9 Å². The molecule has 1 unspecified atom stereocenters. The van der Waals surface area contributed by atoms with Gasteiger partial charge in [0.05, 0.1) is 0 Å². The van der Waals surface area contributed by atoms with Crippen LogP contribution in [0.3, 0.4) is 0 Å². The largest absolute Gasteiger partial charge is 0.383 e. The highest BCUT2D eigenvalue weighted by molar-refractivity contribution is 5.40. The van der Waals surface area contributed by atoms with Crippen LogP contribution in [0.2, 0.25) is 0 Å². The maximum absolute atomic E-state index is 6.21. The number of benzene rings is 1. The van der Waals surface area contributed by atoms with Crippen molar-refractivity contribution in [3.8, 4) is 0 Å². The van der Waals surface area contributed by atoms with Gasteiger partial charge in [-0.15, -0.1) is 0 Å². The van der Waals surface area contributed by atoms with Gasteiger partial charge < -0.3 is 11.5 Å². The number of aryl methyl sites for hydroxylation is 1. The van der Waals surface area contributed by atoms with Gasteiger partial charge in [0.25, 0.3) is 0 Å². The molecule has 17 heavy (non-hydrogen) atoms. The first kappa shape index (κ1) is 11.6. The Bertz CT molecular complexity index is 508. The number of rotatable bonds is 3. The Morgan fingerprint density at radius 3 is 2.65 bits per heavy atom. The predicted molar refractivity (Wildman–Crippen MR) is 70.5 cm³/mol. The Labute approximate surface area is 101 Å². The molecule has 2 aromatic rings. The number of pyridine rings is 1. The van der Waals surface area contributed by atoms with Gasteiger partial charge in [0.1, 0.15) is 5.82 Å². The normalized spacial score (nSPS) is 12.4. The Hall–Kier alpha value is -1.87. The van der Waals surface area contributed by atoms with Crippen LogP contribution in [0.1, 0.15) is 22.7 Å². The number of nitrogen functional groups attached to an aromatic ring is 1. The van der Waals surface area contributed by atoms with Crippen molar-refractivity contribution in [1.29, 1.82) is 0 Å². The summed E-state index contributed by atoms with van der Waals surface area (Å²) in [6.45, 7) is 2.07. The molecule has 0 aliphatic carbocycles. The highest BCUT2D eigenvalue weighted by Crippen LogP contribution is 2.21. The molecule has 3 nitrogen and oxygen atoms in total.